The van der Waals surface area contributed by atoms with Crippen LogP contribution in [0.15, 0.2) is 36.5 Å². The first-order valence-electron chi connectivity index (χ1n) is 8.99. The second-order valence-corrected chi connectivity index (χ2v) is 6.47. The zero-order valence-corrected chi connectivity index (χ0v) is 15.2. The van der Waals surface area contributed by atoms with Crippen LogP contribution in [0, 0.1) is 11.6 Å². The first-order chi connectivity index (χ1) is 13.0. The molecular weight excluding hydrogens is 354 g/mol. The monoisotopic (exact) mass is 376 g/mol. The normalized spacial score (nSPS) is 17.7. The lowest BCUT2D eigenvalue weighted by Gasteiger charge is -2.31. The van der Waals surface area contributed by atoms with Crippen molar-refractivity contribution in [1.82, 2.24) is 9.88 Å². The summed E-state index contributed by atoms with van der Waals surface area (Å²) >= 11 is 0. The van der Waals surface area contributed by atoms with E-state index in [0.717, 1.165) is 30.8 Å². The third kappa shape index (κ3) is 5.30. The van der Waals surface area contributed by atoms with Gasteiger partial charge in [-0.25, -0.2) is 8.78 Å². The van der Waals surface area contributed by atoms with Crippen molar-refractivity contribution in [1.29, 1.82) is 0 Å². The molecular formula is C20H22F2N2O3. The zero-order chi connectivity index (χ0) is 19.2. The average Bonchev–Trinajstić information content (AvgIpc) is 2.66. The predicted molar refractivity (Wildman–Crippen MR) is 95.6 cm³/mol. The van der Waals surface area contributed by atoms with E-state index in [4.69, 9.17) is 9.47 Å². The number of pyridine rings is 1. The zero-order valence-electron chi connectivity index (χ0n) is 15.2. The Labute approximate surface area is 156 Å². The quantitative estimate of drug-likeness (QED) is 0.737. The summed E-state index contributed by atoms with van der Waals surface area (Å²) in [5.41, 5.74) is 0.811. The van der Waals surface area contributed by atoms with Crippen LogP contribution in [-0.2, 0) is 16.1 Å². The van der Waals surface area contributed by atoms with Crippen LogP contribution in [-0.4, -0.2) is 41.5 Å². The van der Waals surface area contributed by atoms with E-state index < -0.39 is 11.6 Å². The number of hydrogen-bond acceptors (Lipinski definition) is 5. The number of rotatable bonds is 7. The van der Waals surface area contributed by atoms with Gasteiger partial charge >= 0.3 is 0 Å². The smallest absolute Gasteiger partial charge is 0.168 e. The summed E-state index contributed by atoms with van der Waals surface area (Å²) in [4.78, 5) is 18.5. The third-order valence-electron chi connectivity index (χ3n) is 4.31. The predicted octanol–water partition coefficient (Wildman–Crippen LogP) is 3.72. The van der Waals surface area contributed by atoms with Gasteiger partial charge in [-0.15, -0.1) is 0 Å². The van der Waals surface area contributed by atoms with Crippen molar-refractivity contribution in [3.8, 4) is 11.5 Å². The van der Waals surface area contributed by atoms with Crippen molar-refractivity contribution in [2.24, 2.45) is 0 Å². The summed E-state index contributed by atoms with van der Waals surface area (Å²) in [6, 6.07) is 6.61. The summed E-state index contributed by atoms with van der Waals surface area (Å²) in [6.45, 7) is 4.37. The van der Waals surface area contributed by atoms with Gasteiger partial charge in [-0.05, 0) is 30.7 Å². The number of carbonyl (C=O) groups excluding carboxylic acids is 1. The lowest BCUT2D eigenvalue weighted by molar-refractivity contribution is -0.136. The van der Waals surface area contributed by atoms with Gasteiger partial charge in [-0.1, -0.05) is 6.92 Å². The summed E-state index contributed by atoms with van der Waals surface area (Å²) in [5.74, 6) is -0.983. The first kappa shape index (κ1) is 19.4. The molecule has 1 aliphatic rings. The molecule has 27 heavy (non-hydrogen) atoms. The maximum absolute atomic E-state index is 13.6. The highest BCUT2D eigenvalue weighted by Gasteiger charge is 2.26. The van der Waals surface area contributed by atoms with Gasteiger partial charge in [0, 0.05) is 32.1 Å². The number of carbonyl (C=O) groups is 1. The van der Waals surface area contributed by atoms with Crippen LogP contribution in [0.3, 0.4) is 0 Å². The van der Waals surface area contributed by atoms with Gasteiger partial charge in [0.15, 0.2) is 17.3 Å². The molecule has 2 aromatic rings. The number of morpholine rings is 1. The number of ketones is 1. The van der Waals surface area contributed by atoms with Gasteiger partial charge < -0.3 is 9.47 Å². The van der Waals surface area contributed by atoms with Crippen LogP contribution in [0.2, 0.25) is 0 Å². The van der Waals surface area contributed by atoms with E-state index in [0.29, 0.717) is 31.9 Å². The van der Waals surface area contributed by atoms with Crippen LogP contribution in [0.25, 0.3) is 0 Å². The lowest BCUT2D eigenvalue weighted by atomic mass is 10.1. The largest absolute Gasteiger partial charge is 0.453 e. The van der Waals surface area contributed by atoms with Crippen LogP contribution >= 0.6 is 0 Å². The Balaban J connectivity index is 1.58. The van der Waals surface area contributed by atoms with Crippen LogP contribution in [0.5, 0.6) is 11.5 Å². The molecule has 0 N–H and O–H groups in total. The number of benzene rings is 1. The number of Topliss-reactive ketones (excluding diaryl/α,β-unsaturated/α-hetero) is 1. The lowest BCUT2D eigenvalue weighted by Crippen LogP contribution is -2.45. The Morgan fingerprint density at radius 2 is 2.19 bits per heavy atom. The summed E-state index contributed by atoms with van der Waals surface area (Å²) in [7, 11) is 0. The molecule has 0 aliphatic carbocycles. The number of aromatic nitrogens is 1. The van der Waals surface area contributed by atoms with E-state index >= 15 is 0 Å². The van der Waals surface area contributed by atoms with Crippen molar-refractivity contribution in [2.45, 2.75) is 32.4 Å². The first-order valence-corrected chi connectivity index (χ1v) is 8.99. The molecule has 0 saturated carbocycles. The molecule has 3 rings (SSSR count). The second kappa shape index (κ2) is 9.01. The standard InChI is InChI=1S/C20H22F2N2O3/c1-2-3-18(25)20-13-24(8-9-26-20)12-15-5-6-16(11-23-15)27-19-7-4-14(21)10-17(19)22/h4-7,10-11,20H,2-3,8-9,12-13H2,1H3/t20-/m0/s1. The fourth-order valence-electron chi connectivity index (χ4n) is 2.93. The van der Waals surface area contributed by atoms with E-state index in [1.54, 1.807) is 12.1 Å². The van der Waals surface area contributed by atoms with E-state index in [9.17, 15) is 13.6 Å². The molecule has 0 bridgehead atoms. The molecule has 2 heterocycles. The Bertz CT molecular complexity index is 783. The highest BCUT2D eigenvalue weighted by molar-refractivity contribution is 5.83. The highest BCUT2D eigenvalue weighted by atomic mass is 19.1. The van der Waals surface area contributed by atoms with Gasteiger partial charge in [-0.2, -0.15) is 0 Å². The van der Waals surface area contributed by atoms with Gasteiger partial charge in [0.2, 0.25) is 0 Å². The Hall–Kier alpha value is -2.38. The van der Waals surface area contributed by atoms with E-state index in [1.165, 1.54) is 12.3 Å². The summed E-state index contributed by atoms with van der Waals surface area (Å²) < 4.78 is 37.6. The fraction of sp³-hybridized carbons (Fsp3) is 0.400. The van der Waals surface area contributed by atoms with Crippen LogP contribution in [0.4, 0.5) is 8.78 Å². The molecule has 1 fully saturated rings. The highest BCUT2D eigenvalue weighted by Crippen LogP contribution is 2.24. The molecule has 1 saturated heterocycles. The molecule has 144 valence electrons. The van der Waals surface area contributed by atoms with Gasteiger partial charge in [-0.3, -0.25) is 14.7 Å². The van der Waals surface area contributed by atoms with Gasteiger partial charge in [0.1, 0.15) is 17.7 Å². The van der Waals surface area contributed by atoms with E-state index in [-0.39, 0.29) is 17.6 Å². The van der Waals surface area contributed by atoms with Crippen LogP contribution < -0.4 is 4.74 Å². The molecule has 1 atom stereocenters. The molecule has 1 aromatic heterocycles. The van der Waals surface area contributed by atoms with Crippen molar-refractivity contribution in [3.63, 3.8) is 0 Å². The van der Waals surface area contributed by atoms with Crippen molar-refractivity contribution in [3.05, 3.63) is 53.9 Å². The summed E-state index contributed by atoms with van der Waals surface area (Å²) in [6.07, 6.45) is 2.47. The molecule has 1 aromatic carbocycles. The minimum absolute atomic E-state index is 0.0589. The molecule has 0 spiro atoms. The SMILES string of the molecule is CCCC(=O)[C@@H]1CN(Cc2ccc(Oc3ccc(F)cc3F)cn2)CCO1. The molecule has 7 heteroatoms. The molecule has 0 amide bonds. The van der Waals surface area contributed by atoms with Crippen LogP contribution in [0.1, 0.15) is 25.5 Å². The third-order valence-corrected chi connectivity index (χ3v) is 4.31. The Morgan fingerprint density at radius 1 is 1.33 bits per heavy atom. The average molecular weight is 376 g/mol. The maximum atomic E-state index is 13.6. The molecule has 0 radical (unpaired) electrons. The number of ether oxygens (including phenoxy) is 2. The second-order valence-electron chi connectivity index (χ2n) is 6.47. The minimum Gasteiger partial charge on any atom is -0.453 e. The minimum atomic E-state index is -0.768. The maximum Gasteiger partial charge on any atom is 0.168 e. The fourth-order valence-corrected chi connectivity index (χ4v) is 2.93. The van der Waals surface area contributed by atoms with Gasteiger partial charge in [0.05, 0.1) is 18.5 Å². The topological polar surface area (TPSA) is 51.7 Å². The Morgan fingerprint density at radius 3 is 2.89 bits per heavy atom. The van der Waals surface area contributed by atoms with E-state index in [2.05, 4.69) is 9.88 Å². The molecule has 1 aliphatic heterocycles. The molecule has 5 nitrogen and oxygen atoms in total. The number of hydrogen-bond donors (Lipinski definition) is 0. The Kier molecular flexibility index (Phi) is 6.47. The van der Waals surface area contributed by atoms with Crippen molar-refractivity contribution in [2.75, 3.05) is 19.7 Å². The molecule has 0 unspecified atom stereocenters. The van der Waals surface area contributed by atoms with Crippen molar-refractivity contribution < 1.29 is 23.0 Å². The van der Waals surface area contributed by atoms with E-state index in [1.807, 2.05) is 6.92 Å². The van der Waals surface area contributed by atoms with Crippen molar-refractivity contribution >= 4 is 5.78 Å². The van der Waals surface area contributed by atoms with Gasteiger partial charge in [0.25, 0.3) is 0 Å². The summed E-state index contributed by atoms with van der Waals surface area (Å²) in [5, 5.41) is 0. The number of nitrogens with zero attached hydrogens (tertiary/aromatic N) is 2. The number of halogens is 2.